The number of carboxylic acids is 1. The van der Waals surface area contributed by atoms with Crippen molar-refractivity contribution in [3.05, 3.63) is 23.8 Å². The van der Waals surface area contributed by atoms with Gasteiger partial charge in [0.15, 0.2) is 11.5 Å². The van der Waals surface area contributed by atoms with Crippen LogP contribution in [0.3, 0.4) is 0 Å². The van der Waals surface area contributed by atoms with Crippen LogP contribution in [0.4, 0.5) is 8.78 Å². The van der Waals surface area contributed by atoms with Crippen molar-refractivity contribution < 1.29 is 33.0 Å². The minimum Gasteiger partial charge on any atom is -0.493 e. The van der Waals surface area contributed by atoms with E-state index >= 15 is 0 Å². The molecule has 0 bridgehead atoms. The van der Waals surface area contributed by atoms with E-state index in [2.05, 4.69) is 10.1 Å². The zero-order valence-electron chi connectivity index (χ0n) is 12.1. The van der Waals surface area contributed by atoms with E-state index in [1.165, 1.54) is 25.3 Å². The average Bonchev–Trinajstić information content (AvgIpc) is 2.44. The summed E-state index contributed by atoms with van der Waals surface area (Å²) in [4.78, 5) is 22.6. The van der Waals surface area contributed by atoms with E-state index in [9.17, 15) is 18.4 Å². The number of carbonyl (C=O) groups excluding carboxylic acids is 1. The largest absolute Gasteiger partial charge is 0.493 e. The topological polar surface area (TPSA) is 84.9 Å². The lowest BCUT2D eigenvalue weighted by Crippen LogP contribution is -2.33. The molecule has 0 fully saturated rings. The Balaban J connectivity index is 2.90. The fourth-order valence-electron chi connectivity index (χ4n) is 1.78. The summed E-state index contributed by atoms with van der Waals surface area (Å²) in [5.74, 6) is -1.98. The number of aliphatic carboxylic acids is 1. The van der Waals surface area contributed by atoms with Crippen molar-refractivity contribution in [3.63, 3.8) is 0 Å². The normalized spacial score (nSPS) is 11.9. The van der Waals surface area contributed by atoms with Crippen LogP contribution in [0.2, 0.25) is 0 Å². The fraction of sp³-hybridized carbons (Fsp3) is 0.429. The summed E-state index contributed by atoms with van der Waals surface area (Å²) in [6.07, 6.45) is 0.107. The van der Waals surface area contributed by atoms with Gasteiger partial charge < -0.3 is 19.9 Å². The van der Waals surface area contributed by atoms with Crippen LogP contribution < -0.4 is 14.8 Å². The Labute approximate surface area is 126 Å². The number of hydrogen-bond donors (Lipinski definition) is 2. The van der Waals surface area contributed by atoms with Gasteiger partial charge in [0.2, 0.25) is 0 Å². The zero-order chi connectivity index (χ0) is 16.7. The number of alkyl halides is 2. The number of benzene rings is 1. The molecule has 0 heterocycles. The second-order valence-electron chi connectivity index (χ2n) is 4.52. The van der Waals surface area contributed by atoms with Crippen molar-refractivity contribution in [1.82, 2.24) is 5.32 Å². The zero-order valence-corrected chi connectivity index (χ0v) is 12.1. The number of carbonyl (C=O) groups is 2. The van der Waals surface area contributed by atoms with Gasteiger partial charge in [0, 0.05) is 12.5 Å². The molecule has 122 valence electrons. The van der Waals surface area contributed by atoms with Crippen LogP contribution in [-0.2, 0) is 4.79 Å². The molecule has 0 aliphatic carbocycles. The van der Waals surface area contributed by atoms with E-state index in [0.717, 1.165) is 0 Å². The first kappa shape index (κ1) is 17.7. The number of ether oxygens (including phenoxy) is 2. The van der Waals surface area contributed by atoms with E-state index in [0.29, 0.717) is 0 Å². The summed E-state index contributed by atoms with van der Waals surface area (Å²) in [7, 11) is 1.27. The van der Waals surface area contributed by atoms with Crippen molar-refractivity contribution in [2.75, 3.05) is 7.11 Å². The molecule has 0 spiro atoms. The quantitative estimate of drug-likeness (QED) is 0.768. The van der Waals surface area contributed by atoms with Gasteiger partial charge in [-0.1, -0.05) is 6.07 Å². The Morgan fingerprint density at radius 2 is 2.05 bits per heavy atom. The molecular weight excluding hydrogens is 300 g/mol. The second-order valence-corrected chi connectivity index (χ2v) is 4.52. The lowest BCUT2D eigenvalue weighted by atomic mass is 10.1. The Bertz CT molecular complexity index is 536. The Morgan fingerprint density at radius 3 is 2.59 bits per heavy atom. The number of amides is 1. The summed E-state index contributed by atoms with van der Waals surface area (Å²) in [6.45, 7) is -1.48. The molecular formula is C14H17F2NO5. The number of carboxylic acid groups (broad SMARTS) is 1. The first-order valence-electron chi connectivity index (χ1n) is 6.49. The lowest BCUT2D eigenvalue weighted by molar-refractivity contribution is -0.137. The molecule has 0 radical (unpaired) electrons. The average molecular weight is 317 g/mol. The van der Waals surface area contributed by atoms with Gasteiger partial charge in [-0.25, -0.2) is 0 Å². The highest BCUT2D eigenvalue weighted by molar-refractivity contribution is 5.98. The Kier molecular flexibility index (Phi) is 6.55. The van der Waals surface area contributed by atoms with Crippen LogP contribution in [0.15, 0.2) is 18.2 Å². The van der Waals surface area contributed by atoms with Crippen LogP contribution in [0, 0.1) is 0 Å². The van der Waals surface area contributed by atoms with Gasteiger partial charge in [0.25, 0.3) is 5.91 Å². The standard InChI is InChI=1S/C14H17F2NO5/c1-8(6-7-11(18)19)17-13(20)9-4-3-5-10(21-2)12(9)22-14(15)16/h3-5,8,14H,6-7H2,1-2H3,(H,17,20)(H,18,19). The van der Waals surface area contributed by atoms with Crippen molar-refractivity contribution in [2.24, 2.45) is 0 Å². The molecule has 22 heavy (non-hydrogen) atoms. The molecule has 2 N–H and O–H groups in total. The number of para-hydroxylation sites is 1. The summed E-state index contributed by atoms with van der Waals surface area (Å²) in [5.41, 5.74) is -0.109. The molecule has 1 amide bonds. The van der Waals surface area contributed by atoms with Gasteiger partial charge in [0.05, 0.1) is 12.7 Å². The number of hydrogen-bond acceptors (Lipinski definition) is 4. The van der Waals surface area contributed by atoms with E-state index in [4.69, 9.17) is 9.84 Å². The highest BCUT2D eigenvalue weighted by atomic mass is 19.3. The number of nitrogens with one attached hydrogen (secondary N) is 1. The SMILES string of the molecule is COc1cccc(C(=O)NC(C)CCC(=O)O)c1OC(F)F. The van der Waals surface area contributed by atoms with Crippen LogP contribution in [0.1, 0.15) is 30.1 Å². The van der Waals surface area contributed by atoms with Crippen molar-refractivity contribution in [2.45, 2.75) is 32.4 Å². The Morgan fingerprint density at radius 1 is 1.36 bits per heavy atom. The first-order chi connectivity index (χ1) is 10.3. The molecule has 0 saturated carbocycles. The molecule has 0 saturated heterocycles. The van der Waals surface area contributed by atoms with Gasteiger partial charge in [0.1, 0.15) is 0 Å². The van der Waals surface area contributed by atoms with Crippen molar-refractivity contribution in [3.8, 4) is 11.5 Å². The summed E-state index contributed by atoms with van der Waals surface area (Å²) < 4.78 is 34.2. The number of halogens is 2. The predicted octanol–water partition coefficient (Wildman–Crippen LogP) is 2.28. The van der Waals surface area contributed by atoms with Crippen molar-refractivity contribution in [1.29, 1.82) is 0 Å². The fourth-order valence-corrected chi connectivity index (χ4v) is 1.78. The number of rotatable bonds is 8. The monoisotopic (exact) mass is 317 g/mol. The van der Waals surface area contributed by atoms with Gasteiger partial charge >= 0.3 is 12.6 Å². The lowest BCUT2D eigenvalue weighted by Gasteiger charge is -2.16. The Hall–Kier alpha value is -2.38. The maximum absolute atomic E-state index is 12.5. The minimum atomic E-state index is -3.10. The molecule has 1 aromatic carbocycles. The molecule has 0 aliphatic heterocycles. The van der Waals surface area contributed by atoms with E-state index in [1.807, 2.05) is 0 Å². The molecule has 6 nitrogen and oxygen atoms in total. The summed E-state index contributed by atoms with van der Waals surface area (Å²) >= 11 is 0. The van der Waals surface area contributed by atoms with Crippen LogP contribution in [0.5, 0.6) is 11.5 Å². The molecule has 0 aromatic heterocycles. The van der Waals surface area contributed by atoms with E-state index < -0.39 is 24.5 Å². The third-order valence-corrected chi connectivity index (χ3v) is 2.82. The predicted molar refractivity (Wildman–Crippen MR) is 73.4 cm³/mol. The highest BCUT2D eigenvalue weighted by Gasteiger charge is 2.21. The van der Waals surface area contributed by atoms with Gasteiger partial charge in [-0.3, -0.25) is 9.59 Å². The molecule has 1 atom stereocenters. The highest BCUT2D eigenvalue weighted by Crippen LogP contribution is 2.32. The smallest absolute Gasteiger partial charge is 0.387 e. The third-order valence-electron chi connectivity index (χ3n) is 2.82. The molecule has 1 aromatic rings. The van der Waals surface area contributed by atoms with E-state index in [1.54, 1.807) is 6.92 Å². The molecule has 8 heteroatoms. The molecule has 1 unspecified atom stereocenters. The minimum absolute atomic E-state index is 0.00568. The third kappa shape index (κ3) is 5.19. The van der Waals surface area contributed by atoms with Gasteiger partial charge in [-0.15, -0.1) is 0 Å². The maximum Gasteiger partial charge on any atom is 0.387 e. The second kappa shape index (κ2) is 8.16. The van der Waals surface area contributed by atoms with Crippen LogP contribution in [0.25, 0.3) is 0 Å². The number of methoxy groups -OCH3 is 1. The summed E-state index contributed by atoms with van der Waals surface area (Å²) in [5, 5.41) is 11.1. The molecule has 0 aliphatic rings. The van der Waals surface area contributed by atoms with Crippen molar-refractivity contribution >= 4 is 11.9 Å². The maximum atomic E-state index is 12.5. The van der Waals surface area contributed by atoms with Gasteiger partial charge in [-0.05, 0) is 25.5 Å². The van der Waals surface area contributed by atoms with Crippen LogP contribution >= 0.6 is 0 Å². The first-order valence-corrected chi connectivity index (χ1v) is 6.49. The molecule has 1 rings (SSSR count). The van der Waals surface area contributed by atoms with E-state index in [-0.39, 0.29) is 29.9 Å². The summed E-state index contributed by atoms with van der Waals surface area (Å²) in [6, 6.07) is 3.74. The van der Waals surface area contributed by atoms with Gasteiger partial charge in [-0.2, -0.15) is 8.78 Å². The van der Waals surface area contributed by atoms with Crippen LogP contribution in [-0.4, -0.2) is 36.7 Å².